The van der Waals surface area contributed by atoms with Crippen LogP contribution in [0.1, 0.15) is 41.5 Å². The number of alkyl halides is 1. The topological polar surface area (TPSA) is 47.9 Å². The van der Waals surface area contributed by atoms with E-state index in [0.29, 0.717) is 0 Å². The van der Waals surface area contributed by atoms with Crippen molar-refractivity contribution in [1.82, 2.24) is 0 Å². The van der Waals surface area contributed by atoms with E-state index in [1.54, 1.807) is 0 Å². The fraction of sp³-hybridized carbons (Fsp3) is 0.368. The maximum Gasteiger partial charge on any atom is 0.261 e. The fourth-order valence-corrected chi connectivity index (χ4v) is 16.4. The molecule has 0 bridgehead atoms. The lowest BCUT2D eigenvalue weighted by Gasteiger charge is -2.46. The van der Waals surface area contributed by atoms with Crippen molar-refractivity contribution in [3.05, 3.63) is 121 Å². The summed E-state index contributed by atoms with van der Waals surface area (Å²) in [4.78, 5) is 0. The van der Waals surface area contributed by atoms with Crippen LogP contribution in [-0.4, -0.2) is 59.4 Å². The highest BCUT2D eigenvalue weighted by molar-refractivity contribution is 7.00. The quantitative estimate of drug-likeness (QED) is 0.229. The average molecular weight is 643 g/mol. The van der Waals surface area contributed by atoms with Crippen molar-refractivity contribution in [2.75, 3.05) is 13.2 Å². The molecule has 5 rings (SSSR count). The molecule has 0 aliphatic carbocycles. The first-order valence-electron chi connectivity index (χ1n) is 15.9. The fourth-order valence-electron chi connectivity index (χ4n) is 7.08. The largest absolute Gasteiger partial charge is 0.405 e. The molecule has 0 spiro atoms. The summed E-state index contributed by atoms with van der Waals surface area (Å²) in [5.41, 5.74) is 0. The lowest BCUT2D eigenvalue weighted by atomic mass is 10.1. The number of hydrogen-bond donors (Lipinski definition) is 1. The van der Waals surface area contributed by atoms with Crippen molar-refractivity contribution in [2.45, 2.75) is 76.1 Å². The van der Waals surface area contributed by atoms with E-state index in [1.165, 1.54) is 0 Å². The first-order valence-corrected chi connectivity index (χ1v) is 19.7. The van der Waals surface area contributed by atoms with Crippen LogP contribution in [0.25, 0.3) is 0 Å². The summed E-state index contributed by atoms with van der Waals surface area (Å²) in [5.74, 6) is 0. The van der Waals surface area contributed by atoms with E-state index in [9.17, 15) is 5.11 Å². The van der Waals surface area contributed by atoms with Crippen molar-refractivity contribution in [3.63, 3.8) is 0 Å². The third-order valence-corrected chi connectivity index (χ3v) is 19.2. The zero-order valence-corrected chi connectivity index (χ0v) is 29.3. The molecular formula is C38H47FO4Si2. The number of rotatable bonds is 10. The molecule has 4 aromatic carbocycles. The third kappa shape index (κ3) is 6.27. The van der Waals surface area contributed by atoms with Gasteiger partial charge in [0.1, 0.15) is 18.3 Å². The zero-order chi connectivity index (χ0) is 32.3. The predicted octanol–water partition coefficient (Wildman–Crippen LogP) is 5.61. The molecule has 1 aliphatic rings. The molecule has 0 radical (unpaired) electrons. The molecule has 0 saturated carbocycles. The monoisotopic (exact) mass is 642 g/mol. The Morgan fingerprint density at radius 1 is 0.600 bits per heavy atom. The van der Waals surface area contributed by atoms with Crippen LogP contribution in [0.2, 0.25) is 10.1 Å². The number of hydrogen-bond acceptors (Lipinski definition) is 4. The van der Waals surface area contributed by atoms with Gasteiger partial charge in [-0.25, -0.2) is 4.39 Å². The second-order valence-electron chi connectivity index (χ2n) is 14.1. The lowest BCUT2D eigenvalue weighted by molar-refractivity contribution is -0.0317. The van der Waals surface area contributed by atoms with Gasteiger partial charge in [-0.3, -0.25) is 0 Å². The van der Waals surface area contributed by atoms with E-state index in [2.05, 4.69) is 114 Å². The highest BCUT2D eigenvalue weighted by atomic mass is 28.4. The number of ether oxygens (including phenoxy) is 1. The Hall–Kier alpha value is -2.92. The molecule has 45 heavy (non-hydrogen) atoms. The molecule has 238 valence electrons. The van der Waals surface area contributed by atoms with Gasteiger partial charge in [-0.1, -0.05) is 163 Å². The summed E-state index contributed by atoms with van der Waals surface area (Å²) in [6.45, 7) is 12.9. The summed E-state index contributed by atoms with van der Waals surface area (Å²) in [5, 5.41) is 14.0. The number of halogens is 1. The Morgan fingerprint density at radius 2 is 0.956 bits per heavy atom. The Morgan fingerprint density at radius 3 is 1.29 bits per heavy atom. The summed E-state index contributed by atoms with van der Waals surface area (Å²) in [6, 6.07) is 41.3. The van der Waals surface area contributed by atoms with Gasteiger partial charge in [-0.05, 0) is 30.8 Å². The molecule has 1 unspecified atom stereocenters. The van der Waals surface area contributed by atoms with Crippen molar-refractivity contribution in [2.24, 2.45) is 0 Å². The molecule has 0 aromatic heterocycles. The van der Waals surface area contributed by atoms with Gasteiger partial charge in [0, 0.05) is 0 Å². The summed E-state index contributed by atoms with van der Waals surface area (Å²) < 4.78 is 37.4. The van der Waals surface area contributed by atoms with Gasteiger partial charge in [0.2, 0.25) is 0 Å². The van der Waals surface area contributed by atoms with Crippen molar-refractivity contribution in [1.29, 1.82) is 0 Å². The zero-order valence-electron chi connectivity index (χ0n) is 27.3. The van der Waals surface area contributed by atoms with Crippen LogP contribution < -0.4 is 20.7 Å². The van der Waals surface area contributed by atoms with Crippen LogP contribution in [0.15, 0.2) is 121 Å². The van der Waals surface area contributed by atoms with Crippen molar-refractivity contribution < 1.29 is 23.1 Å². The minimum atomic E-state index is -3.13. The Labute approximate surface area is 270 Å². The van der Waals surface area contributed by atoms with Gasteiger partial charge in [0.05, 0.1) is 13.2 Å². The average Bonchev–Trinajstić information content (AvgIpc) is 3.34. The second kappa shape index (κ2) is 13.4. The van der Waals surface area contributed by atoms with Crippen LogP contribution in [-0.2, 0) is 13.6 Å². The van der Waals surface area contributed by atoms with Crippen LogP contribution in [0, 0.1) is 0 Å². The van der Waals surface area contributed by atoms with Crippen molar-refractivity contribution >= 4 is 37.4 Å². The summed E-state index contributed by atoms with van der Waals surface area (Å²) >= 11 is 0. The molecule has 0 amide bonds. The first-order chi connectivity index (χ1) is 21.5. The van der Waals surface area contributed by atoms with Crippen LogP contribution in [0.5, 0.6) is 0 Å². The minimum Gasteiger partial charge on any atom is -0.405 e. The molecule has 1 fully saturated rings. The van der Waals surface area contributed by atoms with Crippen LogP contribution in [0.4, 0.5) is 4.39 Å². The minimum absolute atomic E-state index is 0.132. The molecule has 1 saturated heterocycles. The molecule has 1 heterocycles. The Balaban J connectivity index is 1.60. The molecule has 4 nitrogen and oxygen atoms in total. The van der Waals surface area contributed by atoms with E-state index >= 15 is 4.39 Å². The number of benzene rings is 4. The van der Waals surface area contributed by atoms with Gasteiger partial charge in [-0.2, -0.15) is 0 Å². The third-order valence-electron chi connectivity index (χ3n) is 9.18. The molecule has 4 aromatic rings. The molecular weight excluding hydrogens is 596 g/mol. The van der Waals surface area contributed by atoms with E-state index in [-0.39, 0.29) is 16.7 Å². The van der Waals surface area contributed by atoms with E-state index < -0.39 is 47.7 Å². The standard InChI is InChI=1S/C38H47FO4Si2/c1-37(2,3)44(29-19-11-7-12-20-29,30-21-13-8-14-22-30)41-28-34-36(35(39)33(27-40)42-34)43-45(38(4,5)6,31-23-15-9-16-24-31)32-25-17-10-18-26-32/h7-26,33-36,40H,27-28H2,1-6H3/t33?,34-,35-,36-/m1/s1. The summed E-state index contributed by atoms with van der Waals surface area (Å²) in [6.07, 6.45) is -4.18. The SMILES string of the molecule is CC(C)(C)[Si](OC[C@H]1OC(CO)[C@@H](F)[C@@H]1O[Si](c1ccccc1)(c1ccccc1)C(C)(C)C)(c1ccccc1)c1ccccc1. The molecule has 1 N–H and O–H groups in total. The van der Waals surface area contributed by atoms with Crippen LogP contribution in [0.3, 0.4) is 0 Å². The van der Waals surface area contributed by atoms with Crippen LogP contribution >= 0.6 is 0 Å². The van der Waals surface area contributed by atoms with Gasteiger partial charge < -0.3 is 18.7 Å². The number of aliphatic hydroxyl groups is 1. The molecule has 4 atom stereocenters. The van der Waals surface area contributed by atoms with Gasteiger partial charge in [-0.15, -0.1) is 0 Å². The summed E-state index contributed by atoms with van der Waals surface area (Å²) in [7, 11) is -6.06. The Kier molecular flexibility index (Phi) is 9.99. The van der Waals surface area contributed by atoms with Crippen molar-refractivity contribution in [3.8, 4) is 0 Å². The lowest BCUT2D eigenvalue weighted by Crippen LogP contribution is -2.69. The van der Waals surface area contributed by atoms with E-state index in [1.807, 2.05) is 48.5 Å². The maximum atomic E-state index is 16.5. The first kappa shape index (κ1) is 33.4. The van der Waals surface area contributed by atoms with E-state index in [4.69, 9.17) is 13.6 Å². The second-order valence-corrected chi connectivity index (χ2v) is 22.6. The molecule has 7 heteroatoms. The van der Waals surface area contributed by atoms with E-state index in [0.717, 1.165) is 20.7 Å². The highest BCUT2D eigenvalue weighted by Crippen LogP contribution is 2.42. The van der Waals surface area contributed by atoms with Gasteiger partial charge >= 0.3 is 0 Å². The molecule has 1 aliphatic heterocycles. The predicted molar refractivity (Wildman–Crippen MR) is 187 cm³/mol. The number of aliphatic hydroxyl groups excluding tert-OH is 1. The maximum absolute atomic E-state index is 16.5. The Bertz CT molecular complexity index is 1410. The smallest absolute Gasteiger partial charge is 0.261 e. The highest BCUT2D eigenvalue weighted by Gasteiger charge is 2.57. The normalized spacial score (nSPS) is 21.2. The van der Waals surface area contributed by atoms with Gasteiger partial charge in [0.25, 0.3) is 16.6 Å². The van der Waals surface area contributed by atoms with Gasteiger partial charge in [0.15, 0.2) is 6.17 Å².